The van der Waals surface area contributed by atoms with Crippen molar-refractivity contribution in [3.05, 3.63) is 64.7 Å². The lowest BCUT2D eigenvalue weighted by atomic mass is 10.2. The molecule has 124 valence electrons. The number of hydrogen-bond acceptors (Lipinski definition) is 3. The van der Waals surface area contributed by atoms with Gasteiger partial charge in [-0.1, -0.05) is 17.7 Å². The van der Waals surface area contributed by atoms with Gasteiger partial charge in [-0.15, -0.1) is 0 Å². The molecule has 2 aromatic carbocycles. The molecule has 2 rings (SSSR count). The van der Waals surface area contributed by atoms with Gasteiger partial charge in [-0.3, -0.25) is 14.4 Å². The van der Waals surface area contributed by atoms with Gasteiger partial charge in [0, 0.05) is 28.9 Å². The summed E-state index contributed by atoms with van der Waals surface area (Å²) in [4.78, 5) is 35.2. The molecule has 6 nitrogen and oxygen atoms in total. The smallest absolute Gasteiger partial charge is 0.251 e. The van der Waals surface area contributed by atoms with Crippen LogP contribution in [0.4, 0.5) is 5.69 Å². The van der Waals surface area contributed by atoms with E-state index in [4.69, 9.17) is 11.6 Å². The topological polar surface area (TPSA) is 87.3 Å². The van der Waals surface area contributed by atoms with Crippen LogP contribution in [0.15, 0.2) is 48.5 Å². The second-order valence-corrected chi connectivity index (χ2v) is 5.33. The van der Waals surface area contributed by atoms with Gasteiger partial charge in [-0.2, -0.15) is 0 Å². The number of rotatable bonds is 5. The summed E-state index contributed by atoms with van der Waals surface area (Å²) in [5, 5.41) is 8.10. The predicted molar refractivity (Wildman–Crippen MR) is 92.2 cm³/mol. The molecule has 3 N–H and O–H groups in total. The van der Waals surface area contributed by atoms with Crippen molar-refractivity contribution in [2.45, 2.75) is 0 Å². The molecule has 0 saturated heterocycles. The Bertz CT molecular complexity index is 760. The zero-order valence-corrected chi connectivity index (χ0v) is 13.7. The van der Waals surface area contributed by atoms with Gasteiger partial charge in [0.2, 0.25) is 5.91 Å². The molecule has 0 aromatic heterocycles. The second kappa shape index (κ2) is 8.12. The van der Waals surface area contributed by atoms with Gasteiger partial charge in [-0.05, 0) is 42.5 Å². The first-order valence-corrected chi connectivity index (χ1v) is 7.53. The van der Waals surface area contributed by atoms with Gasteiger partial charge in [0.15, 0.2) is 0 Å². The lowest BCUT2D eigenvalue weighted by molar-refractivity contribution is -0.115. The molecule has 0 aliphatic heterocycles. The van der Waals surface area contributed by atoms with E-state index >= 15 is 0 Å². The number of benzene rings is 2. The van der Waals surface area contributed by atoms with Crippen LogP contribution < -0.4 is 16.0 Å². The molecule has 0 atom stereocenters. The Morgan fingerprint density at radius 3 is 2.29 bits per heavy atom. The van der Waals surface area contributed by atoms with Crippen LogP contribution in [0.3, 0.4) is 0 Å². The molecule has 0 bridgehead atoms. The average molecular weight is 346 g/mol. The first-order valence-electron chi connectivity index (χ1n) is 7.15. The highest BCUT2D eigenvalue weighted by Crippen LogP contribution is 2.11. The maximum absolute atomic E-state index is 11.9. The Morgan fingerprint density at radius 1 is 0.958 bits per heavy atom. The van der Waals surface area contributed by atoms with E-state index in [0.717, 1.165) is 0 Å². The molecule has 0 aliphatic carbocycles. The highest BCUT2D eigenvalue weighted by atomic mass is 35.5. The minimum Gasteiger partial charge on any atom is -0.355 e. The first kappa shape index (κ1) is 17.5. The summed E-state index contributed by atoms with van der Waals surface area (Å²) >= 11 is 5.82. The van der Waals surface area contributed by atoms with Crippen LogP contribution >= 0.6 is 11.6 Å². The molecule has 0 fully saturated rings. The van der Waals surface area contributed by atoms with Gasteiger partial charge in [0.25, 0.3) is 11.8 Å². The van der Waals surface area contributed by atoms with Crippen molar-refractivity contribution in [1.82, 2.24) is 10.6 Å². The number of carbonyl (C=O) groups excluding carboxylic acids is 3. The summed E-state index contributed by atoms with van der Waals surface area (Å²) in [6.07, 6.45) is 0. The van der Waals surface area contributed by atoms with Crippen LogP contribution in [-0.4, -0.2) is 31.3 Å². The van der Waals surface area contributed by atoms with Gasteiger partial charge in [0.1, 0.15) is 0 Å². The van der Waals surface area contributed by atoms with Gasteiger partial charge < -0.3 is 16.0 Å². The van der Waals surface area contributed by atoms with Crippen molar-refractivity contribution in [3.63, 3.8) is 0 Å². The van der Waals surface area contributed by atoms with Crippen LogP contribution in [-0.2, 0) is 4.79 Å². The van der Waals surface area contributed by atoms with Crippen LogP contribution in [0.5, 0.6) is 0 Å². The van der Waals surface area contributed by atoms with Crippen molar-refractivity contribution < 1.29 is 14.4 Å². The zero-order valence-electron chi connectivity index (χ0n) is 12.9. The molecular weight excluding hydrogens is 330 g/mol. The Labute approximate surface area is 144 Å². The van der Waals surface area contributed by atoms with Gasteiger partial charge in [-0.25, -0.2) is 0 Å². The fourth-order valence-corrected chi connectivity index (χ4v) is 2.14. The Kier molecular flexibility index (Phi) is 5.92. The minimum absolute atomic E-state index is 0.178. The van der Waals surface area contributed by atoms with E-state index in [2.05, 4.69) is 16.0 Å². The monoisotopic (exact) mass is 345 g/mol. The third-order valence-electron chi connectivity index (χ3n) is 3.15. The van der Waals surface area contributed by atoms with Crippen LogP contribution in [0.1, 0.15) is 20.7 Å². The Balaban J connectivity index is 1.87. The summed E-state index contributed by atoms with van der Waals surface area (Å²) in [6, 6.07) is 12.9. The van der Waals surface area contributed by atoms with Crippen molar-refractivity contribution in [2.24, 2.45) is 0 Å². The summed E-state index contributed by atoms with van der Waals surface area (Å²) in [5.74, 6) is -0.970. The number of amides is 3. The maximum Gasteiger partial charge on any atom is 0.251 e. The molecular formula is C17H16ClN3O3. The molecule has 7 heteroatoms. The lowest BCUT2D eigenvalue weighted by Crippen LogP contribution is -2.32. The third-order valence-corrected chi connectivity index (χ3v) is 3.39. The third kappa shape index (κ3) is 4.82. The molecule has 0 heterocycles. The lowest BCUT2D eigenvalue weighted by Gasteiger charge is -2.08. The maximum atomic E-state index is 11.9. The minimum atomic E-state index is -0.386. The van der Waals surface area contributed by atoms with E-state index in [0.29, 0.717) is 21.8 Å². The number of carbonyl (C=O) groups is 3. The average Bonchev–Trinajstić information content (AvgIpc) is 2.59. The highest BCUT2D eigenvalue weighted by molar-refractivity contribution is 6.31. The number of halogens is 1. The highest BCUT2D eigenvalue weighted by Gasteiger charge is 2.09. The van der Waals surface area contributed by atoms with E-state index in [9.17, 15) is 14.4 Å². The standard InChI is InChI=1S/C17H16ClN3O3/c1-19-16(23)11-5-7-14(8-6-11)21-15(22)10-20-17(24)12-3-2-4-13(18)9-12/h2-9H,10H2,1H3,(H,19,23)(H,20,24)(H,21,22). The Hall–Kier alpha value is -2.86. The molecule has 2 aromatic rings. The molecule has 0 unspecified atom stereocenters. The van der Waals surface area contributed by atoms with Crippen molar-refractivity contribution in [1.29, 1.82) is 0 Å². The van der Waals surface area contributed by atoms with Crippen molar-refractivity contribution in [2.75, 3.05) is 18.9 Å². The summed E-state index contributed by atoms with van der Waals surface area (Å²) in [6.45, 7) is -0.178. The fourth-order valence-electron chi connectivity index (χ4n) is 1.95. The number of anilines is 1. The molecule has 0 aliphatic rings. The van der Waals surface area contributed by atoms with Crippen LogP contribution in [0, 0.1) is 0 Å². The van der Waals surface area contributed by atoms with E-state index < -0.39 is 0 Å². The Morgan fingerprint density at radius 2 is 1.67 bits per heavy atom. The van der Waals surface area contributed by atoms with E-state index in [1.807, 2.05) is 0 Å². The number of nitrogens with one attached hydrogen (secondary N) is 3. The van der Waals surface area contributed by atoms with Crippen LogP contribution in [0.2, 0.25) is 5.02 Å². The SMILES string of the molecule is CNC(=O)c1ccc(NC(=O)CNC(=O)c2cccc(Cl)c2)cc1. The van der Waals surface area contributed by atoms with Crippen molar-refractivity contribution in [3.8, 4) is 0 Å². The molecule has 0 spiro atoms. The normalized spacial score (nSPS) is 9.92. The second-order valence-electron chi connectivity index (χ2n) is 4.90. The quantitative estimate of drug-likeness (QED) is 0.775. The molecule has 0 saturated carbocycles. The zero-order chi connectivity index (χ0) is 17.5. The van der Waals surface area contributed by atoms with Gasteiger partial charge in [0.05, 0.1) is 6.54 Å². The summed E-state index contributed by atoms with van der Waals surface area (Å²) in [7, 11) is 1.54. The predicted octanol–water partition coefficient (Wildman–Crippen LogP) is 2.07. The van der Waals surface area contributed by atoms with Gasteiger partial charge >= 0.3 is 0 Å². The van der Waals surface area contributed by atoms with E-state index in [1.54, 1.807) is 49.5 Å². The largest absolute Gasteiger partial charge is 0.355 e. The molecule has 24 heavy (non-hydrogen) atoms. The van der Waals surface area contributed by atoms with Crippen molar-refractivity contribution >= 4 is 35.0 Å². The molecule has 0 radical (unpaired) electrons. The number of hydrogen-bond donors (Lipinski definition) is 3. The van der Waals surface area contributed by atoms with E-state index in [-0.39, 0.29) is 24.3 Å². The summed E-state index contributed by atoms with van der Waals surface area (Å²) < 4.78 is 0. The fraction of sp³-hybridized carbons (Fsp3) is 0.118. The summed E-state index contributed by atoms with van der Waals surface area (Å²) in [5.41, 5.74) is 1.40. The van der Waals surface area contributed by atoms with E-state index in [1.165, 1.54) is 6.07 Å². The van der Waals surface area contributed by atoms with Crippen LogP contribution in [0.25, 0.3) is 0 Å². The first-order chi connectivity index (χ1) is 11.5. The molecule has 3 amide bonds.